The molecule has 0 bridgehead atoms. The van der Waals surface area contributed by atoms with Gasteiger partial charge in [0.1, 0.15) is 6.10 Å². The molecule has 0 spiro atoms. The molecule has 29 heavy (non-hydrogen) atoms. The number of aliphatic imine (C=N–C) groups is 1. The van der Waals surface area contributed by atoms with Crippen LogP contribution in [0.1, 0.15) is 22.6 Å². The fourth-order valence-corrected chi connectivity index (χ4v) is 6.22. The largest absolute Gasteiger partial charge is 0.375 e. The number of nitrogens with one attached hydrogen (secondary N) is 2. The molecule has 0 saturated carbocycles. The minimum Gasteiger partial charge on any atom is -0.375 e. The topological polar surface area (TPSA) is 92.3 Å². The smallest absolute Gasteiger partial charge is 0.241 e. The molecule has 11 heteroatoms. The highest BCUT2D eigenvalue weighted by molar-refractivity contribution is 14.0. The Bertz CT molecular complexity index is 794. The fraction of sp³-hybridized carbons (Fsp3) is 0.722. The van der Waals surface area contributed by atoms with Gasteiger partial charge in [-0.05, 0) is 32.8 Å². The van der Waals surface area contributed by atoms with Gasteiger partial charge in [0.2, 0.25) is 10.0 Å². The number of hydrogen-bond donors (Lipinski definition) is 2. The molecule has 0 radical (unpaired) electrons. The van der Waals surface area contributed by atoms with Crippen molar-refractivity contribution in [2.45, 2.75) is 43.8 Å². The maximum absolute atomic E-state index is 12.5. The third-order valence-electron chi connectivity index (χ3n) is 4.97. The van der Waals surface area contributed by atoms with Crippen LogP contribution < -0.4 is 10.0 Å². The Kier molecular flexibility index (Phi) is 9.61. The van der Waals surface area contributed by atoms with E-state index in [2.05, 4.69) is 19.9 Å². The molecule has 2 fully saturated rings. The SMILES string of the molecule is CN=C(NCCNS(=O)(=O)c1cc(C)sc1C)N1CCOC(C2CCCO2)C1.I. The highest BCUT2D eigenvalue weighted by Gasteiger charge is 2.32. The molecule has 2 aliphatic rings. The highest BCUT2D eigenvalue weighted by Crippen LogP contribution is 2.24. The van der Waals surface area contributed by atoms with Crippen LogP contribution in [0.3, 0.4) is 0 Å². The first-order chi connectivity index (χ1) is 13.4. The Morgan fingerprint density at radius 1 is 1.28 bits per heavy atom. The lowest BCUT2D eigenvalue weighted by atomic mass is 10.1. The molecule has 3 heterocycles. The number of hydrogen-bond acceptors (Lipinski definition) is 6. The van der Waals surface area contributed by atoms with Gasteiger partial charge in [0, 0.05) is 49.6 Å². The van der Waals surface area contributed by atoms with Crippen LogP contribution in [0.15, 0.2) is 16.0 Å². The predicted molar refractivity (Wildman–Crippen MR) is 126 cm³/mol. The monoisotopic (exact) mass is 558 g/mol. The summed E-state index contributed by atoms with van der Waals surface area (Å²) in [6.45, 7) is 7.40. The van der Waals surface area contributed by atoms with Crippen LogP contribution in [0, 0.1) is 13.8 Å². The van der Waals surface area contributed by atoms with Gasteiger partial charge in [-0.15, -0.1) is 35.3 Å². The van der Waals surface area contributed by atoms with E-state index in [1.807, 2.05) is 13.8 Å². The van der Waals surface area contributed by atoms with Gasteiger partial charge in [-0.3, -0.25) is 4.99 Å². The lowest BCUT2D eigenvalue weighted by molar-refractivity contribution is -0.0816. The van der Waals surface area contributed by atoms with E-state index < -0.39 is 10.0 Å². The number of sulfonamides is 1. The zero-order valence-electron chi connectivity index (χ0n) is 17.1. The molecule has 1 aromatic heterocycles. The molecule has 2 saturated heterocycles. The normalized spacial score (nSPS) is 23.1. The molecule has 0 aliphatic carbocycles. The van der Waals surface area contributed by atoms with Crippen molar-refractivity contribution in [3.8, 4) is 0 Å². The average molecular weight is 559 g/mol. The second kappa shape index (κ2) is 11.2. The highest BCUT2D eigenvalue weighted by atomic mass is 127. The van der Waals surface area contributed by atoms with Gasteiger partial charge in [0.15, 0.2) is 5.96 Å². The Morgan fingerprint density at radius 3 is 2.66 bits per heavy atom. The number of ether oxygens (including phenoxy) is 2. The van der Waals surface area contributed by atoms with Crippen molar-refractivity contribution in [3.63, 3.8) is 0 Å². The van der Waals surface area contributed by atoms with E-state index in [1.54, 1.807) is 13.1 Å². The molecule has 166 valence electrons. The molecule has 3 rings (SSSR count). The number of guanidine groups is 1. The Morgan fingerprint density at radius 2 is 2.03 bits per heavy atom. The molecule has 1 aromatic rings. The average Bonchev–Trinajstić information content (AvgIpc) is 3.32. The van der Waals surface area contributed by atoms with Crippen molar-refractivity contribution < 1.29 is 17.9 Å². The van der Waals surface area contributed by atoms with Gasteiger partial charge < -0.3 is 19.7 Å². The summed E-state index contributed by atoms with van der Waals surface area (Å²) in [6.07, 6.45) is 2.33. The summed E-state index contributed by atoms with van der Waals surface area (Å²) in [7, 11) is -1.75. The third-order valence-corrected chi connectivity index (χ3v) is 7.65. The van der Waals surface area contributed by atoms with Crippen LogP contribution in [0.25, 0.3) is 0 Å². The lowest BCUT2D eigenvalue weighted by Gasteiger charge is -2.37. The van der Waals surface area contributed by atoms with Crippen LogP contribution >= 0.6 is 35.3 Å². The van der Waals surface area contributed by atoms with Gasteiger partial charge in [0.25, 0.3) is 0 Å². The van der Waals surface area contributed by atoms with Gasteiger partial charge in [-0.25, -0.2) is 13.1 Å². The number of rotatable bonds is 6. The summed E-state index contributed by atoms with van der Waals surface area (Å²) < 4.78 is 39.2. The predicted octanol–water partition coefficient (Wildman–Crippen LogP) is 1.72. The van der Waals surface area contributed by atoms with Crippen LogP contribution in [0.2, 0.25) is 0 Å². The summed E-state index contributed by atoms with van der Waals surface area (Å²) in [4.78, 5) is 8.66. The minimum atomic E-state index is -3.49. The third kappa shape index (κ3) is 6.50. The molecule has 2 unspecified atom stereocenters. The lowest BCUT2D eigenvalue weighted by Crippen LogP contribution is -2.54. The standard InChI is InChI=1S/C18H30N4O4S2.HI/c1-13-11-17(14(2)27-13)28(23,24)21-7-6-20-18(19-3)22-8-10-26-16(12-22)15-5-4-9-25-15;/h11,15-16,21H,4-10,12H2,1-3H3,(H,19,20);1H. The van der Waals surface area contributed by atoms with Crippen LogP contribution in [-0.4, -0.2) is 77.9 Å². The molecule has 0 amide bonds. The Labute approximate surface area is 194 Å². The van der Waals surface area contributed by atoms with Crippen molar-refractivity contribution in [1.29, 1.82) is 0 Å². The van der Waals surface area contributed by atoms with E-state index in [0.717, 1.165) is 48.3 Å². The van der Waals surface area contributed by atoms with Crippen LogP contribution in [0.4, 0.5) is 0 Å². The summed E-state index contributed by atoms with van der Waals surface area (Å²) in [5.74, 6) is 0.757. The van der Waals surface area contributed by atoms with Gasteiger partial charge in [0.05, 0.1) is 17.6 Å². The van der Waals surface area contributed by atoms with Crippen LogP contribution in [0.5, 0.6) is 0 Å². The van der Waals surface area contributed by atoms with E-state index in [-0.39, 0.29) is 42.7 Å². The molecular formula is C18H31IN4O4S2. The number of halogens is 1. The first-order valence-corrected chi connectivity index (χ1v) is 12.0. The summed E-state index contributed by atoms with van der Waals surface area (Å²) in [6, 6.07) is 1.72. The zero-order valence-corrected chi connectivity index (χ0v) is 21.1. The van der Waals surface area contributed by atoms with E-state index >= 15 is 0 Å². The zero-order chi connectivity index (χ0) is 20.1. The van der Waals surface area contributed by atoms with Crippen molar-refractivity contribution in [2.24, 2.45) is 4.99 Å². The molecule has 8 nitrogen and oxygen atoms in total. The second-order valence-electron chi connectivity index (χ2n) is 7.06. The fourth-order valence-electron chi connectivity index (χ4n) is 3.63. The number of morpholine rings is 1. The molecule has 0 aromatic carbocycles. The molecule has 2 N–H and O–H groups in total. The summed E-state index contributed by atoms with van der Waals surface area (Å²) >= 11 is 1.49. The first-order valence-electron chi connectivity index (χ1n) is 9.66. The van der Waals surface area contributed by atoms with Gasteiger partial charge in [-0.2, -0.15) is 0 Å². The van der Waals surface area contributed by atoms with Gasteiger partial charge in [-0.1, -0.05) is 0 Å². The van der Waals surface area contributed by atoms with Crippen molar-refractivity contribution in [3.05, 3.63) is 15.8 Å². The Hall–Kier alpha value is -0.470. The summed E-state index contributed by atoms with van der Waals surface area (Å²) in [5.41, 5.74) is 0. The maximum atomic E-state index is 12.5. The van der Waals surface area contributed by atoms with Crippen molar-refractivity contribution in [2.75, 3.05) is 46.4 Å². The second-order valence-corrected chi connectivity index (χ2v) is 10.3. The molecule has 2 atom stereocenters. The van der Waals surface area contributed by atoms with Crippen molar-refractivity contribution >= 4 is 51.3 Å². The quantitative estimate of drug-likeness (QED) is 0.239. The molecule has 2 aliphatic heterocycles. The summed E-state index contributed by atoms with van der Waals surface area (Å²) in [5, 5.41) is 3.25. The van der Waals surface area contributed by atoms with E-state index in [0.29, 0.717) is 18.0 Å². The van der Waals surface area contributed by atoms with Crippen LogP contribution in [-0.2, 0) is 19.5 Å². The van der Waals surface area contributed by atoms with E-state index in [9.17, 15) is 8.42 Å². The van der Waals surface area contributed by atoms with Gasteiger partial charge >= 0.3 is 0 Å². The molecular weight excluding hydrogens is 527 g/mol. The maximum Gasteiger partial charge on any atom is 0.241 e. The Balaban J connectivity index is 0.00000300. The van der Waals surface area contributed by atoms with E-state index in [4.69, 9.17) is 9.47 Å². The first kappa shape index (κ1) is 24.8. The van der Waals surface area contributed by atoms with E-state index in [1.165, 1.54) is 11.3 Å². The number of aryl methyl sites for hydroxylation is 2. The minimum absolute atomic E-state index is 0. The van der Waals surface area contributed by atoms with Crippen molar-refractivity contribution in [1.82, 2.24) is 14.9 Å². The number of thiophene rings is 1. The number of nitrogens with zero attached hydrogens (tertiary/aromatic N) is 2.